The molecule has 0 aliphatic rings. The van der Waals surface area contributed by atoms with Crippen LogP contribution < -0.4 is 4.90 Å². The first-order valence-corrected chi connectivity index (χ1v) is 2.77. The van der Waals surface area contributed by atoms with Gasteiger partial charge in [-0.15, -0.1) is 0 Å². The summed E-state index contributed by atoms with van der Waals surface area (Å²) >= 11 is 0. The van der Waals surface area contributed by atoms with Crippen molar-refractivity contribution in [2.24, 2.45) is 5.92 Å². The molecule has 0 saturated carbocycles. The highest BCUT2D eigenvalue weighted by Crippen LogP contribution is 1.81. The van der Waals surface area contributed by atoms with Gasteiger partial charge >= 0.3 is 0 Å². The molecule has 7 heavy (non-hydrogen) atoms. The van der Waals surface area contributed by atoms with Crippen LogP contribution in [-0.4, -0.2) is 13.6 Å². The summed E-state index contributed by atoms with van der Waals surface area (Å²) in [5.74, 6) is 0.775. The van der Waals surface area contributed by atoms with Crippen LogP contribution in [0.5, 0.6) is 0 Å². The van der Waals surface area contributed by atoms with Crippen LogP contribution in [0.2, 0.25) is 0 Å². The highest BCUT2D eigenvalue weighted by Gasteiger charge is 1.91. The number of hydrogen-bond donors (Lipinski definition) is 1. The van der Waals surface area contributed by atoms with Crippen LogP contribution in [0.25, 0.3) is 0 Å². The maximum atomic E-state index is 3.80. The Bertz CT molecular complexity index is 33.4. The summed E-state index contributed by atoms with van der Waals surface area (Å²) in [7, 11) is 5.86. The monoisotopic (exact) mass is 101 g/mol. The van der Waals surface area contributed by atoms with Gasteiger partial charge in [-0.05, 0) is 0 Å². The third-order valence-corrected chi connectivity index (χ3v) is 0.757. The van der Waals surface area contributed by atoms with Gasteiger partial charge in [0.1, 0.15) is 0 Å². The fraction of sp³-hybridized carbons (Fsp3) is 0.833. The molecule has 0 aliphatic heterocycles. The van der Waals surface area contributed by atoms with E-state index in [1.54, 1.807) is 0 Å². The quantitative estimate of drug-likeness (QED) is 0.465. The summed E-state index contributed by atoms with van der Waals surface area (Å²) in [4.78, 5) is 1.29. The largest absolute Gasteiger partial charge is 0.470 e. The molecular formula is C6H15N. The van der Waals surface area contributed by atoms with E-state index in [1.807, 2.05) is 0 Å². The molecule has 0 aromatic rings. The van der Waals surface area contributed by atoms with Crippen molar-refractivity contribution >= 4 is 0 Å². The highest BCUT2D eigenvalue weighted by atomic mass is 15.0. The van der Waals surface area contributed by atoms with E-state index in [9.17, 15) is 0 Å². The zero-order valence-electron chi connectivity index (χ0n) is 5.49. The second-order valence-corrected chi connectivity index (χ2v) is 2.56. The van der Waals surface area contributed by atoms with Gasteiger partial charge in [-0.3, -0.25) is 0 Å². The van der Waals surface area contributed by atoms with Gasteiger partial charge < -0.3 is 4.90 Å². The smallest absolute Gasteiger partial charge is 0.0551 e. The molecule has 1 heteroatoms. The molecule has 0 spiro atoms. The predicted molar refractivity (Wildman–Crippen MR) is 31.9 cm³/mol. The molecule has 0 amide bonds. The standard InChI is InChI=1S/C6H15N/c1-6(2)5-7(3)4/h6-7H,3,5H2,1-2,4H3. The molecule has 0 aliphatic carbocycles. The minimum absolute atomic E-state index is 0.775. The Morgan fingerprint density at radius 3 is 2.00 bits per heavy atom. The Kier molecular flexibility index (Phi) is 3.01. The van der Waals surface area contributed by atoms with Crippen LogP contribution in [0.1, 0.15) is 13.8 Å². The minimum atomic E-state index is 0.775. The molecule has 0 rings (SSSR count). The van der Waals surface area contributed by atoms with E-state index in [0.29, 0.717) is 0 Å². The van der Waals surface area contributed by atoms with Crippen LogP contribution in [0.3, 0.4) is 0 Å². The molecule has 1 N–H and O–H groups in total. The SMILES string of the molecule is [CH2-][NH+](C)CC(C)C. The van der Waals surface area contributed by atoms with Crippen LogP contribution in [0.15, 0.2) is 0 Å². The van der Waals surface area contributed by atoms with Crippen molar-refractivity contribution in [3.05, 3.63) is 7.05 Å². The van der Waals surface area contributed by atoms with E-state index < -0.39 is 0 Å². The second kappa shape index (κ2) is 3.03. The van der Waals surface area contributed by atoms with Crippen molar-refractivity contribution in [3.63, 3.8) is 0 Å². The first kappa shape index (κ1) is 6.96. The van der Waals surface area contributed by atoms with E-state index >= 15 is 0 Å². The molecule has 1 atom stereocenters. The molecule has 0 bridgehead atoms. The fourth-order valence-corrected chi connectivity index (χ4v) is 0.697. The molecular weight excluding hydrogens is 86.1 g/mol. The average molecular weight is 101 g/mol. The van der Waals surface area contributed by atoms with E-state index in [0.717, 1.165) is 5.92 Å². The molecule has 1 nitrogen and oxygen atoms in total. The van der Waals surface area contributed by atoms with E-state index in [2.05, 4.69) is 27.9 Å². The van der Waals surface area contributed by atoms with E-state index in [1.165, 1.54) is 11.4 Å². The van der Waals surface area contributed by atoms with Crippen molar-refractivity contribution in [3.8, 4) is 0 Å². The number of quaternary nitrogens is 1. The Morgan fingerprint density at radius 2 is 2.00 bits per heavy atom. The third-order valence-electron chi connectivity index (χ3n) is 0.757. The molecule has 0 saturated heterocycles. The van der Waals surface area contributed by atoms with Crippen LogP contribution in [-0.2, 0) is 0 Å². The lowest BCUT2D eigenvalue weighted by atomic mass is 10.2. The van der Waals surface area contributed by atoms with Crippen molar-refractivity contribution in [1.29, 1.82) is 0 Å². The van der Waals surface area contributed by atoms with Crippen molar-refractivity contribution in [2.45, 2.75) is 13.8 Å². The lowest BCUT2D eigenvalue weighted by Crippen LogP contribution is -3.04. The summed E-state index contributed by atoms with van der Waals surface area (Å²) in [6.07, 6.45) is 0. The van der Waals surface area contributed by atoms with Crippen LogP contribution >= 0.6 is 0 Å². The first-order chi connectivity index (χ1) is 3.13. The average Bonchev–Trinajstić information content (AvgIpc) is 1.27. The van der Waals surface area contributed by atoms with Gasteiger partial charge in [0.05, 0.1) is 6.54 Å². The Labute approximate surface area is 46.3 Å². The van der Waals surface area contributed by atoms with Gasteiger partial charge in [0.2, 0.25) is 0 Å². The summed E-state index contributed by atoms with van der Waals surface area (Å²) in [6, 6.07) is 0. The second-order valence-electron chi connectivity index (χ2n) is 2.56. The molecule has 44 valence electrons. The lowest BCUT2D eigenvalue weighted by molar-refractivity contribution is -0.835. The zero-order chi connectivity index (χ0) is 5.86. The summed E-state index contributed by atoms with van der Waals surface area (Å²) in [5, 5.41) is 0. The maximum Gasteiger partial charge on any atom is 0.0551 e. The van der Waals surface area contributed by atoms with E-state index in [4.69, 9.17) is 0 Å². The van der Waals surface area contributed by atoms with Gasteiger partial charge in [0.15, 0.2) is 0 Å². The number of rotatable bonds is 2. The summed E-state index contributed by atoms with van der Waals surface area (Å²) in [5.41, 5.74) is 0. The minimum Gasteiger partial charge on any atom is -0.470 e. The Hall–Kier alpha value is -0.0400. The summed E-state index contributed by atoms with van der Waals surface area (Å²) in [6.45, 7) is 5.57. The Balaban J connectivity index is 2.95. The lowest BCUT2D eigenvalue weighted by Gasteiger charge is -2.15. The molecule has 0 aromatic heterocycles. The number of hydrogen-bond acceptors (Lipinski definition) is 0. The molecule has 0 radical (unpaired) electrons. The first-order valence-electron chi connectivity index (χ1n) is 2.77. The summed E-state index contributed by atoms with van der Waals surface area (Å²) < 4.78 is 0. The zero-order valence-corrected chi connectivity index (χ0v) is 5.49. The highest BCUT2D eigenvalue weighted by molar-refractivity contribution is 4.34. The third kappa shape index (κ3) is 5.96. The normalized spacial score (nSPS) is 15.0. The van der Waals surface area contributed by atoms with Gasteiger partial charge in [0, 0.05) is 13.0 Å². The van der Waals surface area contributed by atoms with Crippen molar-refractivity contribution in [1.82, 2.24) is 0 Å². The van der Waals surface area contributed by atoms with Crippen molar-refractivity contribution < 1.29 is 4.90 Å². The molecule has 1 unspecified atom stereocenters. The Morgan fingerprint density at radius 1 is 1.57 bits per heavy atom. The number of nitrogens with one attached hydrogen (secondary N) is 1. The van der Waals surface area contributed by atoms with Gasteiger partial charge in [-0.25, -0.2) is 0 Å². The fourth-order valence-electron chi connectivity index (χ4n) is 0.697. The topological polar surface area (TPSA) is 4.44 Å². The van der Waals surface area contributed by atoms with Gasteiger partial charge in [-0.2, -0.15) is 7.05 Å². The maximum absolute atomic E-state index is 3.80. The van der Waals surface area contributed by atoms with Crippen LogP contribution in [0, 0.1) is 13.0 Å². The molecule has 0 fully saturated rings. The van der Waals surface area contributed by atoms with Gasteiger partial charge in [0.25, 0.3) is 0 Å². The van der Waals surface area contributed by atoms with E-state index in [-0.39, 0.29) is 0 Å². The van der Waals surface area contributed by atoms with Crippen molar-refractivity contribution in [2.75, 3.05) is 13.6 Å². The molecule has 0 heterocycles. The van der Waals surface area contributed by atoms with Gasteiger partial charge in [-0.1, -0.05) is 13.8 Å². The van der Waals surface area contributed by atoms with Crippen LogP contribution in [0.4, 0.5) is 0 Å². The predicted octanol–water partition coefficient (Wildman–Crippen LogP) is -0.0513. The molecule has 0 aromatic carbocycles.